The lowest BCUT2D eigenvalue weighted by Crippen LogP contribution is -2.24. The van der Waals surface area contributed by atoms with Crippen LogP contribution in [0, 0.1) is 5.82 Å². The molecule has 5 nitrogen and oxygen atoms in total. The van der Waals surface area contributed by atoms with Crippen molar-refractivity contribution in [3.8, 4) is 0 Å². The lowest BCUT2D eigenvalue weighted by Gasteiger charge is -2.06. The van der Waals surface area contributed by atoms with E-state index in [-0.39, 0.29) is 12.2 Å². The molecule has 0 saturated carbocycles. The molecule has 0 aliphatic heterocycles. The van der Waals surface area contributed by atoms with Gasteiger partial charge in [0.25, 0.3) is 0 Å². The highest BCUT2D eigenvalue weighted by Crippen LogP contribution is 2.17. The van der Waals surface area contributed by atoms with Crippen LogP contribution in [0.2, 0.25) is 0 Å². The van der Waals surface area contributed by atoms with Crippen molar-refractivity contribution in [1.82, 2.24) is 4.72 Å². The Hall–Kier alpha value is -1.86. The summed E-state index contributed by atoms with van der Waals surface area (Å²) in [6.45, 7) is -0.0425. The molecule has 96 valence electrons. The van der Waals surface area contributed by atoms with E-state index in [1.165, 1.54) is 12.3 Å². The average molecular weight is 270 g/mol. The van der Waals surface area contributed by atoms with Crippen LogP contribution in [-0.4, -0.2) is 8.42 Å². The van der Waals surface area contributed by atoms with Crippen molar-refractivity contribution in [3.63, 3.8) is 0 Å². The van der Waals surface area contributed by atoms with Crippen molar-refractivity contribution in [1.29, 1.82) is 0 Å². The number of nitrogens with one attached hydrogen (secondary N) is 1. The van der Waals surface area contributed by atoms with Crippen molar-refractivity contribution in [2.45, 2.75) is 11.4 Å². The van der Waals surface area contributed by atoms with Gasteiger partial charge in [-0.15, -0.1) is 0 Å². The largest absolute Gasteiger partial charge is 0.468 e. The molecule has 1 heterocycles. The van der Waals surface area contributed by atoms with E-state index in [1.54, 1.807) is 12.1 Å². The minimum atomic E-state index is -3.92. The van der Waals surface area contributed by atoms with Gasteiger partial charge in [0.15, 0.2) is 0 Å². The molecule has 2 aromatic rings. The summed E-state index contributed by atoms with van der Waals surface area (Å²) >= 11 is 0. The van der Waals surface area contributed by atoms with Crippen molar-refractivity contribution < 1.29 is 17.2 Å². The van der Waals surface area contributed by atoms with Crippen molar-refractivity contribution in [3.05, 3.63) is 48.2 Å². The summed E-state index contributed by atoms with van der Waals surface area (Å²) in [5, 5.41) is 0. The van der Waals surface area contributed by atoms with Gasteiger partial charge in [-0.2, -0.15) is 0 Å². The maximum Gasteiger partial charge on any atom is 0.243 e. The lowest BCUT2D eigenvalue weighted by molar-refractivity contribution is 0.497. The predicted molar refractivity (Wildman–Crippen MR) is 63.5 cm³/mol. The number of hydrogen-bond acceptors (Lipinski definition) is 4. The van der Waals surface area contributed by atoms with E-state index in [0.29, 0.717) is 5.76 Å². The zero-order valence-corrected chi connectivity index (χ0v) is 10.1. The van der Waals surface area contributed by atoms with Crippen LogP contribution in [-0.2, 0) is 16.6 Å². The van der Waals surface area contributed by atoms with Crippen molar-refractivity contribution in [2.75, 3.05) is 5.73 Å². The highest BCUT2D eigenvalue weighted by molar-refractivity contribution is 7.89. The molecule has 0 aliphatic rings. The third kappa shape index (κ3) is 2.69. The van der Waals surface area contributed by atoms with Gasteiger partial charge in [-0.3, -0.25) is 0 Å². The minimum absolute atomic E-state index is 0.0425. The number of rotatable bonds is 4. The van der Waals surface area contributed by atoms with E-state index >= 15 is 0 Å². The Bertz CT molecular complexity index is 638. The summed E-state index contributed by atoms with van der Waals surface area (Å²) in [5.74, 6) is -0.448. The smallest absolute Gasteiger partial charge is 0.243 e. The molecule has 0 radical (unpaired) electrons. The van der Waals surface area contributed by atoms with E-state index in [1.807, 2.05) is 0 Å². The first-order chi connectivity index (χ1) is 8.49. The maximum atomic E-state index is 13.5. The molecule has 1 aromatic carbocycles. The third-order valence-corrected chi connectivity index (χ3v) is 3.70. The summed E-state index contributed by atoms with van der Waals surface area (Å²) in [6, 6.07) is 6.65. The molecule has 3 N–H and O–H groups in total. The van der Waals surface area contributed by atoms with Crippen LogP contribution in [0.1, 0.15) is 5.76 Å². The first kappa shape index (κ1) is 12.6. The van der Waals surface area contributed by atoms with Crippen LogP contribution in [0.5, 0.6) is 0 Å². The predicted octanol–water partition coefficient (Wildman–Crippen LogP) is 1.48. The summed E-state index contributed by atoms with van der Waals surface area (Å²) in [7, 11) is -3.92. The highest BCUT2D eigenvalue weighted by atomic mass is 32.2. The number of furan rings is 1. The molecule has 2 rings (SSSR count). The molecule has 0 bridgehead atoms. The molecule has 0 amide bonds. The topological polar surface area (TPSA) is 85.3 Å². The van der Waals surface area contributed by atoms with Crippen molar-refractivity contribution >= 4 is 15.7 Å². The maximum absolute atomic E-state index is 13.5. The molecular formula is C11H11FN2O3S. The second kappa shape index (κ2) is 4.79. The average Bonchev–Trinajstić information content (AvgIpc) is 2.78. The van der Waals surface area contributed by atoms with Crippen LogP contribution >= 0.6 is 0 Å². The first-order valence-corrected chi connectivity index (χ1v) is 6.54. The van der Waals surface area contributed by atoms with Crippen LogP contribution in [0.25, 0.3) is 0 Å². The highest BCUT2D eigenvalue weighted by Gasteiger charge is 2.19. The second-order valence-electron chi connectivity index (χ2n) is 3.59. The third-order valence-electron chi connectivity index (χ3n) is 2.26. The molecule has 0 aliphatic carbocycles. The lowest BCUT2D eigenvalue weighted by atomic mass is 10.3. The van der Waals surface area contributed by atoms with Gasteiger partial charge < -0.3 is 10.2 Å². The fraction of sp³-hybridized carbons (Fsp3) is 0.0909. The zero-order chi connectivity index (χ0) is 13.2. The Morgan fingerprint density at radius 1 is 1.33 bits per heavy atom. The molecule has 1 aromatic heterocycles. The fourth-order valence-corrected chi connectivity index (χ4v) is 2.44. The zero-order valence-electron chi connectivity index (χ0n) is 9.26. The molecule has 18 heavy (non-hydrogen) atoms. The molecule has 0 spiro atoms. The monoisotopic (exact) mass is 270 g/mol. The standard InChI is InChI=1S/C11H11FN2O3S/c12-10-6-8(13)3-4-11(10)18(15,16)14-7-9-2-1-5-17-9/h1-6,14H,7,13H2. The minimum Gasteiger partial charge on any atom is -0.468 e. The fourth-order valence-electron chi connectivity index (χ4n) is 1.39. The molecule has 0 atom stereocenters. The van der Waals surface area contributed by atoms with Gasteiger partial charge in [0.1, 0.15) is 16.5 Å². The molecule has 0 fully saturated rings. The molecular weight excluding hydrogens is 259 g/mol. The number of nitrogen functional groups attached to an aromatic ring is 1. The Morgan fingerprint density at radius 2 is 2.11 bits per heavy atom. The van der Waals surface area contributed by atoms with Gasteiger partial charge in [-0.05, 0) is 30.3 Å². The van der Waals surface area contributed by atoms with E-state index in [4.69, 9.17) is 10.2 Å². The summed E-state index contributed by atoms with van der Waals surface area (Å²) in [4.78, 5) is -0.441. The van der Waals surface area contributed by atoms with Gasteiger partial charge in [0.2, 0.25) is 10.0 Å². The normalized spacial score (nSPS) is 11.6. The number of hydrogen-bond donors (Lipinski definition) is 2. The molecule has 7 heteroatoms. The Labute approximate surface area is 103 Å². The number of sulfonamides is 1. The number of nitrogens with two attached hydrogens (primary N) is 1. The van der Waals surface area contributed by atoms with Crippen LogP contribution in [0.3, 0.4) is 0 Å². The first-order valence-electron chi connectivity index (χ1n) is 5.06. The Morgan fingerprint density at radius 3 is 2.72 bits per heavy atom. The van der Waals surface area contributed by atoms with Crippen LogP contribution in [0.15, 0.2) is 45.9 Å². The second-order valence-corrected chi connectivity index (χ2v) is 5.33. The Kier molecular flexibility index (Phi) is 3.35. The molecule has 0 unspecified atom stereocenters. The van der Waals surface area contributed by atoms with E-state index in [9.17, 15) is 12.8 Å². The van der Waals surface area contributed by atoms with Crippen LogP contribution in [0.4, 0.5) is 10.1 Å². The Balaban J connectivity index is 2.20. The van der Waals surface area contributed by atoms with Gasteiger partial charge in [0, 0.05) is 5.69 Å². The van der Waals surface area contributed by atoms with Gasteiger partial charge in [-0.25, -0.2) is 17.5 Å². The summed E-state index contributed by atoms with van der Waals surface area (Å²) in [6.07, 6.45) is 1.42. The quantitative estimate of drug-likeness (QED) is 0.824. The van der Waals surface area contributed by atoms with E-state index in [0.717, 1.165) is 12.1 Å². The SMILES string of the molecule is Nc1ccc(S(=O)(=O)NCc2ccco2)c(F)c1. The van der Waals surface area contributed by atoms with Gasteiger partial charge >= 0.3 is 0 Å². The molecule has 0 saturated heterocycles. The van der Waals surface area contributed by atoms with Gasteiger partial charge in [0.05, 0.1) is 12.8 Å². The van der Waals surface area contributed by atoms with Gasteiger partial charge in [-0.1, -0.05) is 0 Å². The van der Waals surface area contributed by atoms with E-state index < -0.39 is 20.7 Å². The number of anilines is 1. The summed E-state index contributed by atoms with van der Waals surface area (Å²) in [5.41, 5.74) is 5.52. The number of benzene rings is 1. The van der Waals surface area contributed by atoms with Crippen molar-refractivity contribution in [2.24, 2.45) is 0 Å². The van der Waals surface area contributed by atoms with E-state index in [2.05, 4.69) is 4.72 Å². The summed E-state index contributed by atoms with van der Waals surface area (Å²) < 4.78 is 44.4. The van der Waals surface area contributed by atoms with Crippen LogP contribution < -0.4 is 10.5 Å². The number of halogens is 1.